The van der Waals surface area contributed by atoms with Gasteiger partial charge in [-0.1, -0.05) is 11.5 Å². The molecule has 2 aliphatic rings. The molecule has 0 aromatic heterocycles. The van der Waals surface area contributed by atoms with Crippen LogP contribution < -0.4 is 0 Å². The van der Waals surface area contributed by atoms with E-state index in [2.05, 4.69) is 14.9 Å². The van der Waals surface area contributed by atoms with E-state index >= 15 is 0 Å². The van der Waals surface area contributed by atoms with Crippen LogP contribution in [-0.2, 0) is 0 Å². The second-order valence-electron chi connectivity index (χ2n) is 4.06. The van der Waals surface area contributed by atoms with E-state index in [0.717, 1.165) is 32.0 Å². The molecule has 0 amide bonds. The van der Waals surface area contributed by atoms with E-state index < -0.39 is 0 Å². The SMILES string of the molecule is [N-]=[N+]=NC1CCN(C2CCC2)CC1. The predicted molar refractivity (Wildman–Crippen MR) is 51.4 cm³/mol. The summed E-state index contributed by atoms with van der Waals surface area (Å²) in [5.74, 6) is 0. The first kappa shape index (κ1) is 8.85. The van der Waals surface area contributed by atoms with Gasteiger partial charge in [0.2, 0.25) is 0 Å². The van der Waals surface area contributed by atoms with Crippen molar-refractivity contribution in [2.45, 2.75) is 44.2 Å². The largest absolute Gasteiger partial charge is 0.300 e. The lowest BCUT2D eigenvalue weighted by molar-refractivity contribution is 0.0984. The molecule has 0 N–H and O–H groups in total. The zero-order valence-corrected chi connectivity index (χ0v) is 7.89. The van der Waals surface area contributed by atoms with Crippen molar-refractivity contribution in [1.82, 2.24) is 4.90 Å². The standard InChI is InChI=1S/C9H16N4/c10-12-11-8-4-6-13(7-5-8)9-2-1-3-9/h8-9H,1-7H2. The lowest BCUT2D eigenvalue weighted by Crippen LogP contribution is -2.45. The van der Waals surface area contributed by atoms with Crippen LogP contribution in [0, 0.1) is 0 Å². The van der Waals surface area contributed by atoms with E-state index in [9.17, 15) is 0 Å². The van der Waals surface area contributed by atoms with Crippen molar-refractivity contribution in [1.29, 1.82) is 0 Å². The third kappa shape index (κ3) is 1.95. The summed E-state index contributed by atoms with van der Waals surface area (Å²) in [7, 11) is 0. The van der Waals surface area contributed by atoms with Crippen molar-refractivity contribution < 1.29 is 0 Å². The van der Waals surface area contributed by atoms with E-state index in [4.69, 9.17) is 5.53 Å². The zero-order valence-electron chi connectivity index (χ0n) is 7.89. The van der Waals surface area contributed by atoms with Gasteiger partial charge >= 0.3 is 0 Å². The summed E-state index contributed by atoms with van der Waals surface area (Å²) in [5, 5.41) is 3.78. The lowest BCUT2D eigenvalue weighted by atomic mass is 9.89. The van der Waals surface area contributed by atoms with Crippen LogP contribution in [-0.4, -0.2) is 30.1 Å². The summed E-state index contributed by atoms with van der Waals surface area (Å²) < 4.78 is 0. The normalized spacial score (nSPS) is 26.5. The highest BCUT2D eigenvalue weighted by molar-refractivity contribution is 4.85. The fourth-order valence-corrected chi connectivity index (χ4v) is 2.19. The van der Waals surface area contributed by atoms with Gasteiger partial charge in [-0.15, -0.1) is 0 Å². The molecule has 0 aromatic rings. The minimum Gasteiger partial charge on any atom is -0.300 e. The Balaban J connectivity index is 1.78. The number of likely N-dealkylation sites (tertiary alicyclic amines) is 1. The van der Waals surface area contributed by atoms with Crippen molar-refractivity contribution >= 4 is 0 Å². The molecule has 0 spiro atoms. The maximum atomic E-state index is 8.30. The smallest absolute Gasteiger partial charge is 0.0398 e. The number of nitrogens with zero attached hydrogens (tertiary/aromatic N) is 4. The van der Waals surface area contributed by atoms with E-state index in [1.807, 2.05) is 0 Å². The second-order valence-corrected chi connectivity index (χ2v) is 4.06. The molecule has 1 saturated carbocycles. The van der Waals surface area contributed by atoms with Gasteiger partial charge in [-0.05, 0) is 44.3 Å². The Bertz CT molecular complexity index is 210. The summed E-state index contributed by atoms with van der Waals surface area (Å²) in [6, 6.07) is 1.12. The molecule has 0 radical (unpaired) electrons. The maximum absolute atomic E-state index is 8.30. The number of azide groups is 1. The molecule has 2 rings (SSSR count). The summed E-state index contributed by atoms with van der Waals surface area (Å²) in [4.78, 5) is 5.43. The Labute approximate surface area is 78.5 Å². The quantitative estimate of drug-likeness (QED) is 0.365. The minimum absolute atomic E-state index is 0.265. The molecule has 72 valence electrons. The van der Waals surface area contributed by atoms with Crippen molar-refractivity contribution in [3.8, 4) is 0 Å². The van der Waals surface area contributed by atoms with Crippen LogP contribution in [0.5, 0.6) is 0 Å². The van der Waals surface area contributed by atoms with Gasteiger partial charge in [0.25, 0.3) is 0 Å². The molecule has 4 heteroatoms. The van der Waals surface area contributed by atoms with Gasteiger partial charge < -0.3 is 4.90 Å². The van der Waals surface area contributed by atoms with E-state index in [0.29, 0.717) is 0 Å². The minimum atomic E-state index is 0.265. The van der Waals surface area contributed by atoms with Gasteiger partial charge in [0.05, 0.1) is 0 Å². The topological polar surface area (TPSA) is 52.0 Å². The third-order valence-electron chi connectivity index (χ3n) is 3.31. The van der Waals surface area contributed by atoms with Crippen molar-refractivity contribution in [3.05, 3.63) is 10.4 Å². The first-order valence-corrected chi connectivity index (χ1v) is 5.18. The Kier molecular flexibility index (Phi) is 2.71. The van der Waals surface area contributed by atoms with Crippen LogP contribution in [0.25, 0.3) is 10.4 Å². The second kappa shape index (κ2) is 3.99. The Morgan fingerprint density at radius 2 is 1.85 bits per heavy atom. The van der Waals surface area contributed by atoms with E-state index in [-0.39, 0.29) is 6.04 Å². The Morgan fingerprint density at radius 1 is 1.15 bits per heavy atom. The maximum Gasteiger partial charge on any atom is 0.0398 e. The fourth-order valence-electron chi connectivity index (χ4n) is 2.19. The van der Waals surface area contributed by atoms with E-state index in [1.54, 1.807) is 0 Å². The summed E-state index contributed by atoms with van der Waals surface area (Å²) in [5.41, 5.74) is 8.30. The molecule has 0 bridgehead atoms. The molecule has 0 unspecified atom stereocenters. The first-order chi connectivity index (χ1) is 6.40. The molecule has 1 aliphatic carbocycles. The molecule has 1 heterocycles. The number of rotatable bonds is 2. The van der Waals surface area contributed by atoms with E-state index in [1.165, 1.54) is 19.3 Å². The summed E-state index contributed by atoms with van der Waals surface area (Å²) >= 11 is 0. The molecule has 13 heavy (non-hydrogen) atoms. The molecule has 2 fully saturated rings. The predicted octanol–water partition coefficient (Wildman–Crippen LogP) is 2.31. The van der Waals surface area contributed by atoms with Crippen LogP contribution in [0.1, 0.15) is 32.1 Å². The summed E-state index contributed by atoms with van der Waals surface area (Å²) in [6.07, 6.45) is 6.28. The molecule has 1 aliphatic heterocycles. The molecular weight excluding hydrogens is 164 g/mol. The third-order valence-corrected chi connectivity index (χ3v) is 3.31. The first-order valence-electron chi connectivity index (χ1n) is 5.18. The van der Waals surface area contributed by atoms with Gasteiger partial charge in [-0.25, -0.2) is 0 Å². The molecular formula is C9H16N4. The number of hydrogen-bond acceptors (Lipinski definition) is 2. The highest BCUT2D eigenvalue weighted by Crippen LogP contribution is 2.27. The van der Waals surface area contributed by atoms with Crippen LogP contribution in [0.4, 0.5) is 0 Å². The van der Waals surface area contributed by atoms with Gasteiger partial charge in [0, 0.05) is 17.0 Å². The van der Waals surface area contributed by atoms with Gasteiger partial charge in [0.1, 0.15) is 0 Å². The Hall–Kier alpha value is -0.730. The lowest BCUT2D eigenvalue weighted by Gasteiger charge is -2.41. The molecule has 0 aromatic carbocycles. The van der Waals surface area contributed by atoms with Gasteiger partial charge in [0.15, 0.2) is 0 Å². The van der Waals surface area contributed by atoms with Crippen LogP contribution in [0.2, 0.25) is 0 Å². The zero-order chi connectivity index (χ0) is 9.10. The fraction of sp³-hybridized carbons (Fsp3) is 1.00. The monoisotopic (exact) mass is 180 g/mol. The van der Waals surface area contributed by atoms with Crippen LogP contribution >= 0.6 is 0 Å². The van der Waals surface area contributed by atoms with Crippen molar-refractivity contribution in [3.63, 3.8) is 0 Å². The molecule has 4 nitrogen and oxygen atoms in total. The van der Waals surface area contributed by atoms with Crippen molar-refractivity contribution in [2.24, 2.45) is 5.11 Å². The van der Waals surface area contributed by atoms with Crippen LogP contribution in [0.3, 0.4) is 0 Å². The number of hydrogen-bond donors (Lipinski definition) is 0. The van der Waals surface area contributed by atoms with Crippen LogP contribution in [0.15, 0.2) is 5.11 Å². The molecule has 0 atom stereocenters. The Morgan fingerprint density at radius 3 is 2.31 bits per heavy atom. The van der Waals surface area contributed by atoms with Gasteiger partial charge in [-0.3, -0.25) is 0 Å². The highest BCUT2D eigenvalue weighted by atomic mass is 15.2. The average molecular weight is 180 g/mol. The number of piperidine rings is 1. The average Bonchev–Trinajstić information content (AvgIpc) is 2.06. The summed E-state index contributed by atoms with van der Waals surface area (Å²) in [6.45, 7) is 2.27. The molecule has 1 saturated heterocycles. The van der Waals surface area contributed by atoms with Crippen molar-refractivity contribution in [2.75, 3.05) is 13.1 Å². The highest BCUT2D eigenvalue weighted by Gasteiger charge is 2.28. The van der Waals surface area contributed by atoms with Gasteiger partial charge in [-0.2, -0.15) is 0 Å².